The molecule has 0 bridgehead atoms. The Labute approximate surface area is 248 Å². The minimum atomic E-state index is -0.189. The smallest absolute Gasteiger partial charge is 0.148 e. The van der Waals surface area contributed by atoms with E-state index in [1.807, 2.05) is 24.3 Å². The molecule has 4 aromatic rings. The molecule has 0 spiro atoms. The third-order valence-electron chi connectivity index (χ3n) is 7.54. The summed E-state index contributed by atoms with van der Waals surface area (Å²) >= 11 is 0. The van der Waals surface area contributed by atoms with Crippen molar-refractivity contribution in [3.8, 4) is 0 Å². The Kier molecular flexibility index (Phi) is 11.5. The predicted octanol–water partition coefficient (Wildman–Crippen LogP) is 6.98. The largest absolute Gasteiger partial charge is 0.377 e. The van der Waals surface area contributed by atoms with Crippen LogP contribution in [0.1, 0.15) is 28.7 Å². The van der Waals surface area contributed by atoms with Gasteiger partial charge in [0.05, 0.1) is 39.3 Å². The highest BCUT2D eigenvalue weighted by Gasteiger charge is 2.51. The summed E-state index contributed by atoms with van der Waals surface area (Å²) < 4.78 is 26.3. The van der Waals surface area contributed by atoms with Gasteiger partial charge in [-0.1, -0.05) is 121 Å². The van der Waals surface area contributed by atoms with Gasteiger partial charge in [0, 0.05) is 6.42 Å². The van der Waals surface area contributed by atoms with E-state index in [1.54, 1.807) is 0 Å². The van der Waals surface area contributed by atoms with Gasteiger partial charge in [-0.15, -0.1) is 0 Å². The second-order valence-corrected chi connectivity index (χ2v) is 12.9. The van der Waals surface area contributed by atoms with E-state index in [-0.39, 0.29) is 29.2 Å². The van der Waals surface area contributed by atoms with Crippen LogP contribution in [0.3, 0.4) is 0 Å². The van der Waals surface area contributed by atoms with Crippen molar-refractivity contribution in [3.05, 3.63) is 144 Å². The molecule has 4 nitrogen and oxygen atoms in total. The van der Waals surface area contributed by atoms with Crippen molar-refractivity contribution in [1.82, 2.24) is 0 Å². The van der Waals surface area contributed by atoms with Crippen LogP contribution in [0.15, 0.2) is 121 Å². The maximum absolute atomic E-state index is 6.80. The molecule has 214 valence electrons. The lowest BCUT2D eigenvalue weighted by atomic mass is 10.0. The maximum atomic E-state index is 6.80. The molecule has 4 aromatic carbocycles. The maximum Gasteiger partial charge on any atom is 0.148 e. The minimum absolute atomic E-state index is 0.0606. The molecule has 1 aliphatic rings. The van der Waals surface area contributed by atoms with Crippen LogP contribution >= 0.6 is 0 Å². The summed E-state index contributed by atoms with van der Waals surface area (Å²) in [6.45, 7) is 2.93. The molecule has 0 amide bonds. The summed E-state index contributed by atoms with van der Waals surface area (Å²) in [5.41, 5.74) is 4.68. The Morgan fingerprint density at radius 1 is 0.537 bits per heavy atom. The molecule has 5 rings (SSSR count). The lowest BCUT2D eigenvalue weighted by Crippen LogP contribution is -2.59. The Hall–Kier alpha value is -2.93. The molecule has 5 heteroatoms. The van der Waals surface area contributed by atoms with Crippen molar-refractivity contribution >= 4 is 10.9 Å². The molecule has 1 saturated heterocycles. The zero-order chi connectivity index (χ0) is 28.1. The quantitative estimate of drug-likeness (QED) is 0.121. The number of rotatable bonds is 14. The molecule has 0 aromatic heterocycles. The molecule has 0 aliphatic carbocycles. The molecule has 1 heterocycles. The highest BCUT2D eigenvalue weighted by Crippen LogP contribution is 2.32. The van der Waals surface area contributed by atoms with Crippen LogP contribution in [0.25, 0.3) is 0 Å². The molecular formula is C36H41O4S+. The Balaban J connectivity index is 1.33. The van der Waals surface area contributed by atoms with E-state index in [1.165, 1.54) is 11.1 Å². The molecule has 0 radical (unpaired) electrons. The predicted molar refractivity (Wildman–Crippen MR) is 168 cm³/mol. The van der Waals surface area contributed by atoms with Crippen LogP contribution in [0.4, 0.5) is 0 Å². The molecule has 5 atom stereocenters. The summed E-state index contributed by atoms with van der Waals surface area (Å²) in [7, 11) is 0.0694. The third kappa shape index (κ3) is 9.03. The first kappa shape index (κ1) is 29.6. The monoisotopic (exact) mass is 569 g/mol. The standard InChI is InChI=1S/C36H41O4S/c1-41-28-33(38-25-30-16-8-3-9-17-30)35(39-26-31-18-10-4-11-19-31)36(40-27-32-20-12-5-13-21-32)34(41)22-23-37-24-29-14-6-2-7-15-29/h2-21,33-36H,22-28H2,1H3/q+1/t33-,34+,35-,36+,41?/m1/s1. The third-order valence-corrected chi connectivity index (χ3v) is 9.93. The summed E-state index contributed by atoms with van der Waals surface area (Å²) in [5.74, 6) is 0.945. The normalized spacial score (nSPS) is 22.4. The number of benzene rings is 4. The van der Waals surface area contributed by atoms with Crippen molar-refractivity contribution in [2.45, 2.75) is 56.4 Å². The zero-order valence-electron chi connectivity index (χ0n) is 23.8. The first-order valence-electron chi connectivity index (χ1n) is 14.5. The van der Waals surface area contributed by atoms with Gasteiger partial charge in [-0.25, -0.2) is 0 Å². The minimum Gasteiger partial charge on any atom is -0.377 e. The number of hydrogen-bond donors (Lipinski definition) is 0. The van der Waals surface area contributed by atoms with E-state index >= 15 is 0 Å². The Morgan fingerprint density at radius 3 is 1.44 bits per heavy atom. The van der Waals surface area contributed by atoms with Gasteiger partial charge in [-0.2, -0.15) is 0 Å². The lowest BCUT2D eigenvalue weighted by molar-refractivity contribution is -0.150. The van der Waals surface area contributed by atoms with E-state index in [0.717, 1.165) is 23.3 Å². The number of hydrogen-bond acceptors (Lipinski definition) is 4. The fraction of sp³-hybridized carbons (Fsp3) is 0.333. The van der Waals surface area contributed by atoms with E-state index in [4.69, 9.17) is 18.9 Å². The van der Waals surface area contributed by atoms with Gasteiger partial charge in [-0.05, 0) is 33.1 Å². The molecule has 1 fully saturated rings. The summed E-state index contributed by atoms with van der Waals surface area (Å²) in [6.07, 6.45) is 2.91. The van der Waals surface area contributed by atoms with Gasteiger partial charge >= 0.3 is 0 Å². The van der Waals surface area contributed by atoms with E-state index in [2.05, 4.69) is 103 Å². The average Bonchev–Trinajstić information content (AvgIpc) is 3.03. The van der Waals surface area contributed by atoms with Crippen LogP contribution in [0, 0.1) is 0 Å². The Morgan fingerprint density at radius 2 is 0.951 bits per heavy atom. The van der Waals surface area contributed by atoms with Gasteiger partial charge in [-0.3, -0.25) is 0 Å². The molecule has 1 aliphatic heterocycles. The lowest BCUT2D eigenvalue weighted by Gasteiger charge is -2.40. The molecular weight excluding hydrogens is 528 g/mol. The molecule has 1 unspecified atom stereocenters. The fourth-order valence-electron chi connectivity index (χ4n) is 5.32. The highest BCUT2D eigenvalue weighted by atomic mass is 32.2. The van der Waals surface area contributed by atoms with Crippen molar-refractivity contribution in [3.63, 3.8) is 0 Å². The number of ether oxygens (including phenoxy) is 4. The fourth-order valence-corrected chi connectivity index (χ4v) is 7.56. The highest BCUT2D eigenvalue weighted by molar-refractivity contribution is 7.96. The van der Waals surface area contributed by atoms with Crippen LogP contribution in [0.5, 0.6) is 0 Å². The van der Waals surface area contributed by atoms with E-state index in [0.29, 0.717) is 38.3 Å². The van der Waals surface area contributed by atoms with Gasteiger partial charge in [0.25, 0.3) is 0 Å². The van der Waals surface area contributed by atoms with Crippen LogP contribution in [-0.2, 0) is 56.3 Å². The Bertz CT molecular complexity index is 1260. The van der Waals surface area contributed by atoms with Crippen LogP contribution < -0.4 is 0 Å². The summed E-state index contributed by atoms with van der Waals surface area (Å²) in [4.78, 5) is 0. The van der Waals surface area contributed by atoms with Gasteiger partial charge in [0.1, 0.15) is 29.3 Å². The van der Waals surface area contributed by atoms with Crippen molar-refractivity contribution in [1.29, 1.82) is 0 Å². The van der Waals surface area contributed by atoms with Crippen molar-refractivity contribution in [2.75, 3.05) is 18.6 Å². The molecule has 0 saturated carbocycles. The van der Waals surface area contributed by atoms with Crippen LogP contribution in [-0.4, -0.2) is 42.2 Å². The van der Waals surface area contributed by atoms with E-state index in [9.17, 15) is 0 Å². The van der Waals surface area contributed by atoms with E-state index < -0.39 is 0 Å². The summed E-state index contributed by atoms with van der Waals surface area (Å²) in [5, 5.41) is 0.312. The average molecular weight is 570 g/mol. The SMILES string of the molecule is C[S+]1C[C@@H](OCc2ccccc2)[C@@H](OCc2ccccc2)[C@@H](OCc2ccccc2)[C@@H]1CCOCc1ccccc1. The van der Waals surface area contributed by atoms with Gasteiger partial charge in [0.2, 0.25) is 0 Å². The first-order valence-corrected chi connectivity index (χ1v) is 16.3. The van der Waals surface area contributed by atoms with Gasteiger partial charge < -0.3 is 18.9 Å². The topological polar surface area (TPSA) is 36.9 Å². The van der Waals surface area contributed by atoms with Crippen molar-refractivity contribution < 1.29 is 18.9 Å². The zero-order valence-corrected chi connectivity index (χ0v) is 24.7. The summed E-state index contributed by atoms with van der Waals surface area (Å²) in [6, 6.07) is 41.5. The molecule has 0 N–H and O–H groups in total. The van der Waals surface area contributed by atoms with Crippen LogP contribution in [0.2, 0.25) is 0 Å². The first-order chi connectivity index (χ1) is 20.3. The van der Waals surface area contributed by atoms with Crippen molar-refractivity contribution in [2.24, 2.45) is 0 Å². The second-order valence-electron chi connectivity index (χ2n) is 10.6. The van der Waals surface area contributed by atoms with Gasteiger partial charge in [0.15, 0.2) is 0 Å². The second kappa shape index (κ2) is 15.9. The molecule has 41 heavy (non-hydrogen) atoms.